The Morgan fingerprint density at radius 2 is 1.70 bits per heavy atom. The maximum atomic E-state index is 12.4. The smallest absolute Gasteiger partial charge is 0.215 e. The summed E-state index contributed by atoms with van der Waals surface area (Å²) in [7, 11) is -0.215. The van der Waals surface area contributed by atoms with Crippen LogP contribution in [0.2, 0.25) is 0 Å². The lowest BCUT2D eigenvalue weighted by atomic mass is 9.84. The molecule has 1 atom stereocenters. The van der Waals surface area contributed by atoms with Crippen molar-refractivity contribution in [1.82, 2.24) is 9.03 Å². The Labute approximate surface area is 126 Å². The molecule has 0 heterocycles. The molecule has 1 saturated carbocycles. The van der Waals surface area contributed by atoms with Gasteiger partial charge in [-0.1, -0.05) is 19.3 Å². The van der Waals surface area contributed by atoms with Crippen LogP contribution in [0.4, 0.5) is 0 Å². The lowest BCUT2D eigenvalue weighted by molar-refractivity contribution is 0.290. The quantitative estimate of drug-likeness (QED) is 0.780. The second kappa shape index (κ2) is 6.52. The largest absolute Gasteiger partial charge is 0.598 e. The molecule has 1 N–H and O–H groups in total. The van der Waals surface area contributed by atoms with Gasteiger partial charge in [0, 0.05) is 25.5 Å². The van der Waals surface area contributed by atoms with Crippen LogP contribution in [0.15, 0.2) is 0 Å². The maximum Gasteiger partial charge on any atom is 0.215 e. The van der Waals surface area contributed by atoms with Crippen LogP contribution in [0.1, 0.15) is 52.9 Å². The van der Waals surface area contributed by atoms with Gasteiger partial charge in [-0.3, -0.25) is 0 Å². The summed E-state index contributed by atoms with van der Waals surface area (Å²) in [6.07, 6.45) is 4.62. The molecule has 1 aliphatic rings. The minimum absolute atomic E-state index is 0.0226. The van der Waals surface area contributed by atoms with Crippen LogP contribution in [0.5, 0.6) is 0 Å². The number of hydrogen-bond donors (Lipinski definition) is 1. The van der Waals surface area contributed by atoms with Crippen molar-refractivity contribution in [2.24, 2.45) is 0 Å². The first-order valence-corrected chi connectivity index (χ1v) is 9.84. The maximum absolute atomic E-state index is 12.4. The highest BCUT2D eigenvalue weighted by Gasteiger charge is 2.43. The highest BCUT2D eigenvalue weighted by Crippen LogP contribution is 2.32. The molecule has 0 saturated heterocycles. The van der Waals surface area contributed by atoms with Gasteiger partial charge in [0.25, 0.3) is 0 Å². The fraction of sp³-hybridized carbons (Fsp3) is 1.00. The predicted octanol–water partition coefficient (Wildman–Crippen LogP) is 1.63. The van der Waals surface area contributed by atoms with Gasteiger partial charge < -0.3 is 4.55 Å². The van der Waals surface area contributed by atoms with Crippen molar-refractivity contribution in [2.45, 2.75) is 63.2 Å². The van der Waals surface area contributed by atoms with Crippen molar-refractivity contribution in [2.75, 3.05) is 19.8 Å². The first kappa shape index (κ1) is 18.2. The van der Waals surface area contributed by atoms with E-state index in [-0.39, 0.29) is 5.75 Å². The normalized spacial score (nSPS) is 21.9. The lowest BCUT2D eigenvalue weighted by Gasteiger charge is -2.40. The Hall–Kier alpha value is 0.180. The van der Waals surface area contributed by atoms with Gasteiger partial charge in [-0.2, -0.15) is 0 Å². The molecule has 0 aromatic carbocycles. The van der Waals surface area contributed by atoms with Gasteiger partial charge in [0.15, 0.2) is 0 Å². The summed E-state index contributed by atoms with van der Waals surface area (Å²) >= 11 is -1.26. The molecule has 120 valence electrons. The molecule has 1 rings (SSSR count). The van der Waals surface area contributed by atoms with Gasteiger partial charge in [-0.05, 0) is 33.6 Å². The Morgan fingerprint density at radius 3 is 2.10 bits per heavy atom. The van der Waals surface area contributed by atoms with Crippen molar-refractivity contribution >= 4 is 21.4 Å². The van der Waals surface area contributed by atoms with Crippen LogP contribution in [0.3, 0.4) is 0 Å². The zero-order chi connectivity index (χ0) is 15.6. The van der Waals surface area contributed by atoms with E-state index in [2.05, 4.69) is 4.72 Å². The fourth-order valence-electron chi connectivity index (χ4n) is 2.33. The summed E-state index contributed by atoms with van der Waals surface area (Å²) in [5.74, 6) is 0.0226. The highest BCUT2D eigenvalue weighted by molar-refractivity contribution is 7.91. The third-order valence-corrected chi connectivity index (χ3v) is 7.45. The minimum atomic E-state index is -3.31. The molecule has 0 aliphatic heterocycles. The molecule has 0 radical (unpaired) electrons. The van der Waals surface area contributed by atoms with E-state index in [1.165, 1.54) is 4.31 Å². The van der Waals surface area contributed by atoms with E-state index in [1.54, 1.807) is 14.1 Å². The molecular weight excluding hydrogens is 296 g/mol. The molecule has 1 aliphatic carbocycles. The summed E-state index contributed by atoms with van der Waals surface area (Å²) in [4.78, 5) is 0. The van der Waals surface area contributed by atoms with E-state index in [9.17, 15) is 13.0 Å². The molecule has 0 aromatic heterocycles. The van der Waals surface area contributed by atoms with E-state index >= 15 is 0 Å². The zero-order valence-corrected chi connectivity index (χ0v) is 14.9. The van der Waals surface area contributed by atoms with Crippen LogP contribution in [-0.4, -0.2) is 47.4 Å². The van der Waals surface area contributed by atoms with E-state index in [0.29, 0.717) is 0 Å². The molecule has 1 fully saturated rings. The topological polar surface area (TPSA) is 72.5 Å². The molecule has 0 aromatic rings. The second-order valence-electron chi connectivity index (χ2n) is 6.86. The second-order valence-corrected chi connectivity index (χ2v) is 11.0. The monoisotopic (exact) mass is 324 g/mol. The van der Waals surface area contributed by atoms with E-state index < -0.39 is 31.7 Å². The first-order chi connectivity index (χ1) is 8.99. The van der Waals surface area contributed by atoms with E-state index in [1.807, 2.05) is 20.8 Å². The van der Waals surface area contributed by atoms with Crippen LogP contribution >= 0.6 is 0 Å². The Kier molecular flexibility index (Phi) is 5.94. The summed E-state index contributed by atoms with van der Waals surface area (Å²) < 4.78 is 40.8. The van der Waals surface area contributed by atoms with Crippen molar-refractivity contribution < 1.29 is 13.0 Å². The number of nitrogens with zero attached hydrogens (tertiary/aromatic N) is 1. The molecule has 20 heavy (non-hydrogen) atoms. The summed E-state index contributed by atoms with van der Waals surface area (Å²) in [5.41, 5.74) is -0.556. The third kappa shape index (κ3) is 4.87. The van der Waals surface area contributed by atoms with Gasteiger partial charge in [0.1, 0.15) is 4.75 Å². The molecule has 7 heteroatoms. The van der Waals surface area contributed by atoms with Gasteiger partial charge in [-0.25, -0.2) is 12.7 Å². The number of sulfonamides is 1. The summed E-state index contributed by atoms with van der Waals surface area (Å²) in [6.45, 7) is 5.69. The number of rotatable bonds is 5. The van der Waals surface area contributed by atoms with Gasteiger partial charge in [-0.15, -0.1) is 4.72 Å². The Bertz CT molecular complexity index is 410. The molecular formula is C13H28N2O3S2. The van der Waals surface area contributed by atoms with Crippen molar-refractivity contribution in [1.29, 1.82) is 0 Å². The molecule has 5 nitrogen and oxygen atoms in total. The molecule has 0 bridgehead atoms. The highest BCUT2D eigenvalue weighted by atomic mass is 32.2. The first-order valence-electron chi connectivity index (χ1n) is 7.08. The predicted molar refractivity (Wildman–Crippen MR) is 84.3 cm³/mol. The zero-order valence-electron chi connectivity index (χ0n) is 13.2. The Morgan fingerprint density at radius 1 is 1.20 bits per heavy atom. The van der Waals surface area contributed by atoms with Crippen LogP contribution < -0.4 is 4.72 Å². The number of nitrogens with one attached hydrogen (secondary N) is 1. The SMILES string of the molecule is CN(C)S(=O)(=O)CC1(N[S@@+]([O-])C(C)(C)C)CCCCC1. The lowest BCUT2D eigenvalue weighted by Crippen LogP contribution is -2.58. The molecule has 0 spiro atoms. The van der Waals surface area contributed by atoms with E-state index in [0.717, 1.165) is 32.1 Å². The third-order valence-electron chi connectivity index (χ3n) is 3.69. The Balaban J connectivity index is 2.93. The molecule has 0 unspecified atom stereocenters. The average molecular weight is 325 g/mol. The summed E-state index contributed by atoms with van der Waals surface area (Å²) in [5, 5.41) is 0. The van der Waals surface area contributed by atoms with Crippen molar-refractivity contribution in [3.8, 4) is 0 Å². The van der Waals surface area contributed by atoms with Crippen molar-refractivity contribution in [3.05, 3.63) is 0 Å². The van der Waals surface area contributed by atoms with Crippen LogP contribution in [0, 0.1) is 0 Å². The number of hydrogen-bond acceptors (Lipinski definition) is 4. The average Bonchev–Trinajstić information content (AvgIpc) is 2.27. The van der Waals surface area contributed by atoms with Crippen LogP contribution in [-0.2, 0) is 21.4 Å². The van der Waals surface area contributed by atoms with Crippen LogP contribution in [0.25, 0.3) is 0 Å². The molecule has 0 amide bonds. The minimum Gasteiger partial charge on any atom is -0.598 e. The summed E-state index contributed by atoms with van der Waals surface area (Å²) in [6, 6.07) is 0. The van der Waals surface area contributed by atoms with Gasteiger partial charge >= 0.3 is 0 Å². The van der Waals surface area contributed by atoms with Crippen molar-refractivity contribution in [3.63, 3.8) is 0 Å². The van der Waals surface area contributed by atoms with Gasteiger partial charge in [0.2, 0.25) is 10.0 Å². The standard InChI is InChI=1S/C13H28N2O3S2/c1-12(2,3)19(16)14-13(9-7-6-8-10-13)11-20(17,18)15(4)5/h14H,6-11H2,1-5H3/t19-/m0/s1. The van der Waals surface area contributed by atoms with Gasteiger partial charge in [0.05, 0.1) is 11.3 Å². The van der Waals surface area contributed by atoms with E-state index in [4.69, 9.17) is 0 Å². The fourth-order valence-corrected chi connectivity index (χ4v) is 4.72.